The van der Waals surface area contributed by atoms with Gasteiger partial charge in [-0.2, -0.15) is 13.2 Å². The quantitative estimate of drug-likeness (QED) is 0.490. The molecule has 0 amide bonds. The molecular formula is C20H25F3N4O2. The van der Waals surface area contributed by atoms with Crippen molar-refractivity contribution in [1.29, 1.82) is 0 Å². The van der Waals surface area contributed by atoms with Gasteiger partial charge in [0.05, 0.1) is 13.7 Å². The Balaban J connectivity index is 1.94. The minimum atomic E-state index is -4.42. The highest BCUT2D eigenvalue weighted by Crippen LogP contribution is 2.20. The maximum absolute atomic E-state index is 12.4. The lowest BCUT2D eigenvalue weighted by Gasteiger charge is -2.13. The number of benzene rings is 1. The lowest BCUT2D eigenvalue weighted by molar-refractivity contribution is -0.154. The third kappa shape index (κ3) is 8.28. The van der Waals surface area contributed by atoms with Crippen LogP contribution in [0, 0.1) is 0 Å². The number of aromatic nitrogens is 1. The summed E-state index contributed by atoms with van der Waals surface area (Å²) in [5, 5.41) is 6.32. The summed E-state index contributed by atoms with van der Waals surface area (Å²) in [4.78, 5) is 8.30. The Kier molecular flexibility index (Phi) is 8.57. The first kappa shape index (κ1) is 22.3. The van der Waals surface area contributed by atoms with Crippen LogP contribution in [-0.4, -0.2) is 43.9 Å². The normalized spacial score (nSPS) is 11.8. The van der Waals surface area contributed by atoms with Gasteiger partial charge in [0.15, 0.2) is 12.6 Å². The van der Waals surface area contributed by atoms with Gasteiger partial charge >= 0.3 is 6.18 Å². The second-order valence-electron chi connectivity index (χ2n) is 6.09. The summed E-state index contributed by atoms with van der Waals surface area (Å²) in [5.41, 5.74) is 1.62. The molecule has 0 aliphatic carbocycles. The molecule has 29 heavy (non-hydrogen) atoms. The van der Waals surface area contributed by atoms with Crippen molar-refractivity contribution in [2.45, 2.75) is 26.1 Å². The molecule has 6 nitrogen and oxygen atoms in total. The first-order valence-corrected chi connectivity index (χ1v) is 9.20. The maximum atomic E-state index is 12.4. The molecule has 0 radical (unpaired) electrons. The van der Waals surface area contributed by atoms with E-state index in [1.54, 1.807) is 19.2 Å². The van der Waals surface area contributed by atoms with E-state index in [0.29, 0.717) is 24.6 Å². The average molecular weight is 410 g/mol. The molecule has 2 N–H and O–H groups in total. The lowest BCUT2D eigenvalue weighted by Crippen LogP contribution is -2.38. The molecule has 0 aliphatic rings. The van der Waals surface area contributed by atoms with Crippen LogP contribution in [-0.2, 0) is 13.0 Å². The van der Waals surface area contributed by atoms with Crippen molar-refractivity contribution in [3.8, 4) is 11.6 Å². The number of nitrogens with one attached hydrogen (secondary N) is 2. The van der Waals surface area contributed by atoms with E-state index in [9.17, 15) is 13.2 Å². The molecule has 0 spiro atoms. The van der Waals surface area contributed by atoms with Crippen LogP contribution in [0.3, 0.4) is 0 Å². The fraction of sp³-hybridized carbons (Fsp3) is 0.400. The summed E-state index contributed by atoms with van der Waals surface area (Å²) in [6.45, 7) is 1.98. The van der Waals surface area contributed by atoms with Crippen molar-refractivity contribution in [3.63, 3.8) is 0 Å². The molecule has 0 bridgehead atoms. The number of nitrogens with zero attached hydrogens (tertiary/aromatic N) is 2. The number of alkyl halides is 3. The fourth-order valence-corrected chi connectivity index (χ4v) is 2.45. The molecule has 1 heterocycles. The van der Waals surface area contributed by atoms with Gasteiger partial charge in [-0.1, -0.05) is 18.2 Å². The van der Waals surface area contributed by atoms with Gasteiger partial charge in [0.1, 0.15) is 5.75 Å². The summed E-state index contributed by atoms with van der Waals surface area (Å²) in [6.07, 6.45) is -2.26. The van der Waals surface area contributed by atoms with E-state index in [-0.39, 0.29) is 12.4 Å². The Morgan fingerprint density at radius 3 is 2.55 bits per heavy atom. The van der Waals surface area contributed by atoms with E-state index in [1.165, 1.54) is 6.20 Å². The number of ether oxygens (including phenoxy) is 2. The first-order valence-electron chi connectivity index (χ1n) is 9.20. The number of hydrogen-bond donors (Lipinski definition) is 2. The van der Waals surface area contributed by atoms with Crippen molar-refractivity contribution in [2.24, 2.45) is 4.99 Å². The van der Waals surface area contributed by atoms with Gasteiger partial charge in [0.25, 0.3) is 0 Å². The third-order valence-electron chi connectivity index (χ3n) is 3.84. The Labute approximate surface area is 168 Å². The highest BCUT2D eigenvalue weighted by molar-refractivity contribution is 5.79. The Morgan fingerprint density at radius 1 is 1.14 bits per heavy atom. The minimum Gasteiger partial charge on any atom is -0.497 e. The van der Waals surface area contributed by atoms with Gasteiger partial charge in [0.2, 0.25) is 5.88 Å². The topological polar surface area (TPSA) is 67.8 Å². The fourth-order valence-electron chi connectivity index (χ4n) is 2.45. The van der Waals surface area contributed by atoms with Crippen LogP contribution in [0.4, 0.5) is 13.2 Å². The summed E-state index contributed by atoms with van der Waals surface area (Å²) in [5.74, 6) is 1.30. The van der Waals surface area contributed by atoms with Crippen molar-refractivity contribution < 1.29 is 22.6 Å². The summed E-state index contributed by atoms with van der Waals surface area (Å²) >= 11 is 0. The van der Waals surface area contributed by atoms with Crippen molar-refractivity contribution in [1.82, 2.24) is 15.6 Å². The Hall–Kier alpha value is -2.97. The zero-order valence-electron chi connectivity index (χ0n) is 16.4. The van der Waals surface area contributed by atoms with E-state index in [0.717, 1.165) is 17.7 Å². The number of halogens is 3. The highest BCUT2D eigenvalue weighted by Gasteiger charge is 2.29. The number of aliphatic imine (C=N–C) groups is 1. The highest BCUT2D eigenvalue weighted by atomic mass is 19.4. The van der Waals surface area contributed by atoms with Crippen molar-refractivity contribution in [2.75, 3.05) is 26.8 Å². The van der Waals surface area contributed by atoms with Gasteiger partial charge in [-0.3, -0.25) is 0 Å². The van der Waals surface area contributed by atoms with Crippen LogP contribution < -0.4 is 20.1 Å². The smallest absolute Gasteiger partial charge is 0.422 e. The number of methoxy groups -OCH3 is 1. The zero-order valence-corrected chi connectivity index (χ0v) is 16.4. The molecule has 158 valence electrons. The Bertz CT molecular complexity index is 780. The molecule has 0 atom stereocenters. The van der Waals surface area contributed by atoms with Gasteiger partial charge in [-0.05, 0) is 37.1 Å². The van der Waals surface area contributed by atoms with Crippen LogP contribution in [0.25, 0.3) is 0 Å². The molecule has 1 aromatic carbocycles. The molecule has 0 fully saturated rings. The second-order valence-corrected chi connectivity index (χ2v) is 6.09. The van der Waals surface area contributed by atoms with E-state index in [4.69, 9.17) is 9.47 Å². The largest absolute Gasteiger partial charge is 0.497 e. The minimum absolute atomic E-state index is 0.0670. The average Bonchev–Trinajstić information content (AvgIpc) is 2.71. The number of hydrogen-bond acceptors (Lipinski definition) is 4. The van der Waals surface area contributed by atoms with E-state index >= 15 is 0 Å². The molecule has 1 aromatic heterocycles. The van der Waals surface area contributed by atoms with Gasteiger partial charge < -0.3 is 20.1 Å². The molecular weight excluding hydrogens is 385 g/mol. The third-order valence-corrected chi connectivity index (χ3v) is 3.84. The summed E-state index contributed by atoms with van der Waals surface area (Å²) < 4.78 is 47.1. The second kappa shape index (κ2) is 11.1. The number of rotatable bonds is 9. The summed E-state index contributed by atoms with van der Waals surface area (Å²) in [6, 6.07) is 11.1. The molecule has 9 heteroatoms. The van der Waals surface area contributed by atoms with E-state index in [2.05, 4.69) is 20.6 Å². The predicted molar refractivity (Wildman–Crippen MR) is 105 cm³/mol. The molecule has 0 aliphatic heterocycles. The van der Waals surface area contributed by atoms with Gasteiger partial charge in [-0.25, -0.2) is 9.98 Å². The van der Waals surface area contributed by atoms with Gasteiger partial charge in [-0.15, -0.1) is 0 Å². The number of pyridine rings is 1. The van der Waals surface area contributed by atoms with E-state index in [1.807, 2.05) is 31.2 Å². The zero-order chi connectivity index (χ0) is 21.1. The van der Waals surface area contributed by atoms with Crippen LogP contribution in [0.1, 0.15) is 18.1 Å². The Morgan fingerprint density at radius 2 is 1.90 bits per heavy atom. The SMILES string of the molecule is CCNC(=NCc1cccnc1OCC(F)(F)F)NCCc1ccc(OC)cc1. The lowest BCUT2D eigenvalue weighted by atomic mass is 10.1. The molecule has 2 rings (SSSR count). The first-order chi connectivity index (χ1) is 13.9. The van der Waals surface area contributed by atoms with Crippen molar-refractivity contribution >= 4 is 5.96 Å². The van der Waals surface area contributed by atoms with Crippen LogP contribution >= 0.6 is 0 Å². The monoisotopic (exact) mass is 410 g/mol. The van der Waals surface area contributed by atoms with Crippen LogP contribution in [0.2, 0.25) is 0 Å². The molecule has 0 unspecified atom stereocenters. The standard InChI is InChI=1S/C20H25F3N4O2/c1-3-24-19(26-12-10-15-6-8-17(28-2)9-7-15)27-13-16-5-4-11-25-18(16)29-14-20(21,22)23/h4-9,11H,3,10,12-14H2,1-2H3,(H2,24,26,27). The van der Waals surface area contributed by atoms with E-state index < -0.39 is 12.8 Å². The molecule has 0 saturated heterocycles. The van der Waals surface area contributed by atoms with Crippen LogP contribution in [0.15, 0.2) is 47.6 Å². The predicted octanol–water partition coefficient (Wildman–Crippen LogP) is 3.33. The number of guanidine groups is 1. The summed E-state index contributed by atoms with van der Waals surface area (Å²) in [7, 11) is 1.62. The molecule has 2 aromatic rings. The maximum Gasteiger partial charge on any atom is 0.422 e. The van der Waals surface area contributed by atoms with Crippen LogP contribution in [0.5, 0.6) is 11.6 Å². The van der Waals surface area contributed by atoms with Gasteiger partial charge in [0, 0.05) is 24.8 Å². The van der Waals surface area contributed by atoms with Crippen molar-refractivity contribution in [3.05, 3.63) is 53.7 Å². The molecule has 0 saturated carbocycles.